The third-order valence-electron chi connectivity index (χ3n) is 5.01. The topological polar surface area (TPSA) is 50.4 Å². The largest absolute Gasteiger partial charge is 0.368 e. The number of hydrogen-bond donors (Lipinski definition) is 2. The summed E-state index contributed by atoms with van der Waals surface area (Å²) in [6.07, 6.45) is 10.5. The van der Waals surface area contributed by atoms with Gasteiger partial charge in [0.1, 0.15) is 6.10 Å². The van der Waals surface area contributed by atoms with Crippen LogP contribution in [0.3, 0.4) is 0 Å². The quantitative estimate of drug-likeness (QED) is 0.800. The van der Waals surface area contributed by atoms with Gasteiger partial charge in [-0.25, -0.2) is 0 Å². The molecule has 108 valence electrons. The molecule has 2 unspecified atom stereocenters. The van der Waals surface area contributed by atoms with Crippen LogP contribution in [0.4, 0.5) is 0 Å². The summed E-state index contributed by atoms with van der Waals surface area (Å²) in [4.78, 5) is 12.1. The van der Waals surface area contributed by atoms with E-state index in [4.69, 9.17) is 4.74 Å². The van der Waals surface area contributed by atoms with E-state index in [-0.39, 0.29) is 12.0 Å². The van der Waals surface area contributed by atoms with Gasteiger partial charge in [0.25, 0.3) is 0 Å². The zero-order chi connectivity index (χ0) is 13.1. The molecule has 0 aromatic carbocycles. The molecule has 4 heteroatoms. The second-order valence-corrected chi connectivity index (χ2v) is 6.47. The molecule has 0 aromatic rings. The number of ether oxygens (including phenoxy) is 1. The third-order valence-corrected chi connectivity index (χ3v) is 5.01. The van der Waals surface area contributed by atoms with Gasteiger partial charge in [0, 0.05) is 18.2 Å². The van der Waals surface area contributed by atoms with Crippen molar-refractivity contribution in [2.45, 2.75) is 75.5 Å². The normalized spacial score (nSPS) is 34.3. The van der Waals surface area contributed by atoms with E-state index in [2.05, 4.69) is 10.6 Å². The summed E-state index contributed by atoms with van der Waals surface area (Å²) in [5.41, 5.74) is 0.310. The SMILES string of the molecule is O=C(NC1CCNC2(CCCCC2)C1)C1CCCO1. The molecule has 2 atom stereocenters. The standard InChI is InChI=1S/C15H26N2O2/c18-14(13-5-4-10-19-13)17-12-6-9-16-15(11-12)7-2-1-3-8-15/h12-13,16H,1-11H2,(H,17,18). The lowest BCUT2D eigenvalue weighted by atomic mass is 9.75. The Balaban J connectivity index is 1.54. The van der Waals surface area contributed by atoms with E-state index < -0.39 is 0 Å². The maximum absolute atomic E-state index is 12.1. The van der Waals surface area contributed by atoms with Crippen molar-refractivity contribution in [1.29, 1.82) is 0 Å². The maximum atomic E-state index is 12.1. The van der Waals surface area contributed by atoms with Gasteiger partial charge in [-0.1, -0.05) is 19.3 Å². The molecule has 0 radical (unpaired) electrons. The van der Waals surface area contributed by atoms with Gasteiger partial charge >= 0.3 is 0 Å². The zero-order valence-corrected chi connectivity index (χ0v) is 11.7. The van der Waals surface area contributed by atoms with Crippen molar-refractivity contribution in [2.75, 3.05) is 13.2 Å². The van der Waals surface area contributed by atoms with Gasteiger partial charge < -0.3 is 15.4 Å². The summed E-state index contributed by atoms with van der Waals surface area (Å²) in [5, 5.41) is 6.95. The molecule has 1 amide bonds. The minimum absolute atomic E-state index is 0.121. The molecule has 2 N–H and O–H groups in total. The van der Waals surface area contributed by atoms with Crippen molar-refractivity contribution in [1.82, 2.24) is 10.6 Å². The van der Waals surface area contributed by atoms with Gasteiger partial charge in [0.05, 0.1) is 0 Å². The summed E-state index contributed by atoms with van der Waals surface area (Å²) in [7, 11) is 0. The minimum atomic E-state index is -0.183. The van der Waals surface area contributed by atoms with Crippen molar-refractivity contribution in [3.05, 3.63) is 0 Å². The van der Waals surface area contributed by atoms with Gasteiger partial charge in [-0.3, -0.25) is 4.79 Å². The molecule has 0 bridgehead atoms. The van der Waals surface area contributed by atoms with E-state index in [1.54, 1.807) is 0 Å². The minimum Gasteiger partial charge on any atom is -0.368 e. The van der Waals surface area contributed by atoms with E-state index in [9.17, 15) is 4.79 Å². The lowest BCUT2D eigenvalue weighted by Gasteiger charge is -2.45. The molecule has 1 spiro atoms. The summed E-state index contributed by atoms with van der Waals surface area (Å²) < 4.78 is 5.47. The van der Waals surface area contributed by atoms with Crippen LogP contribution >= 0.6 is 0 Å². The molecule has 3 fully saturated rings. The van der Waals surface area contributed by atoms with Gasteiger partial charge in [0.15, 0.2) is 0 Å². The van der Waals surface area contributed by atoms with Crippen LogP contribution in [0.2, 0.25) is 0 Å². The number of piperidine rings is 1. The first-order valence-electron chi connectivity index (χ1n) is 7.94. The number of hydrogen-bond acceptors (Lipinski definition) is 3. The first-order chi connectivity index (χ1) is 9.27. The van der Waals surface area contributed by atoms with Crippen LogP contribution in [0.15, 0.2) is 0 Å². The highest BCUT2D eigenvalue weighted by atomic mass is 16.5. The molecule has 1 saturated carbocycles. The first kappa shape index (κ1) is 13.4. The van der Waals surface area contributed by atoms with E-state index in [0.717, 1.165) is 38.8 Å². The van der Waals surface area contributed by atoms with Gasteiger partial charge in [-0.15, -0.1) is 0 Å². The van der Waals surface area contributed by atoms with Crippen molar-refractivity contribution in [3.63, 3.8) is 0 Å². The Kier molecular flexibility index (Phi) is 4.08. The van der Waals surface area contributed by atoms with Crippen molar-refractivity contribution < 1.29 is 9.53 Å². The lowest BCUT2D eigenvalue weighted by Crippen LogP contribution is -2.57. The molecule has 19 heavy (non-hydrogen) atoms. The van der Waals surface area contributed by atoms with E-state index in [1.807, 2.05) is 0 Å². The molecule has 3 rings (SSSR count). The monoisotopic (exact) mass is 266 g/mol. The highest BCUT2D eigenvalue weighted by Gasteiger charge is 2.38. The molecule has 4 nitrogen and oxygen atoms in total. The number of carbonyl (C=O) groups excluding carboxylic acids is 1. The van der Waals surface area contributed by atoms with Gasteiger partial charge in [0.2, 0.25) is 5.91 Å². The molecule has 2 saturated heterocycles. The molecule has 1 aliphatic carbocycles. The second kappa shape index (κ2) is 5.80. The summed E-state index contributed by atoms with van der Waals surface area (Å²) in [5.74, 6) is 0.121. The van der Waals surface area contributed by atoms with E-state index >= 15 is 0 Å². The summed E-state index contributed by atoms with van der Waals surface area (Å²) in [6, 6.07) is 0.344. The Bertz CT molecular complexity index is 315. The maximum Gasteiger partial charge on any atom is 0.249 e. The van der Waals surface area contributed by atoms with Gasteiger partial charge in [-0.05, 0) is 45.1 Å². The van der Waals surface area contributed by atoms with E-state index in [1.165, 1.54) is 32.1 Å². The Morgan fingerprint density at radius 2 is 2.00 bits per heavy atom. The fourth-order valence-electron chi connectivity index (χ4n) is 3.97. The average molecular weight is 266 g/mol. The predicted molar refractivity (Wildman–Crippen MR) is 74.0 cm³/mol. The molecular weight excluding hydrogens is 240 g/mol. The van der Waals surface area contributed by atoms with Crippen LogP contribution in [0.5, 0.6) is 0 Å². The van der Waals surface area contributed by atoms with Crippen LogP contribution in [-0.4, -0.2) is 36.7 Å². The van der Waals surface area contributed by atoms with Crippen molar-refractivity contribution in [3.8, 4) is 0 Å². The van der Waals surface area contributed by atoms with Crippen molar-refractivity contribution >= 4 is 5.91 Å². The molecule has 3 aliphatic rings. The number of amides is 1. The third kappa shape index (κ3) is 3.11. The van der Waals surface area contributed by atoms with Crippen LogP contribution in [0.25, 0.3) is 0 Å². The number of carbonyl (C=O) groups is 1. The molecule has 2 aliphatic heterocycles. The first-order valence-corrected chi connectivity index (χ1v) is 7.94. The summed E-state index contributed by atoms with van der Waals surface area (Å²) in [6.45, 7) is 1.78. The zero-order valence-electron chi connectivity index (χ0n) is 11.7. The lowest BCUT2D eigenvalue weighted by molar-refractivity contribution is -0.131. The van der Waals surface area contributed by atoms with Gasteiger partial charge in [-0.2, -0.15) is 0 Å². The van der Waals surface area contributed by atoms with Crippen LogP contribution in [0, 0.1) is 0 Å². The highest BCUT2D eigenvalue weighted by Crippen LogP contribution is 2.34. The Labute approximate surface area is 115 Å². The van der Waals surface area contributed by atoms with Crippen LogP contribution in [0.1, 0.15) is 57.8 Å². The Morgan fingerprint density at radius 1 is 1.16 bits per heavy atom. The van der Waals surface area contributed by atoms with Crippen LogP contribution < -0.4 is 10.6 Å². The Hall–Kier alpha value is -0.610. The molecule has 2 heterocycles. The number of nitrogens with one attached hydrogen (secondary N) is 2. The predicted octanol–water partition coefficient (Wildman–Crippen LogP) is 1.74. The fourth-order valence-corrected chi connectivity index (χ4v) is 3.97. The second-order valence-electron chi connectivity index (χ2n) is 6.47. The average Bonchev–Trinajstić information content (AvgIpc) is 2.93. The number of rotatable bonds is 2. The van der Waals surface area contributed by atoms with Crippen LogP contribution in [-0.2, 0) is 9.53 Å². The van der Waals surface area contributed by atoms with E-state index in [0.29, 0.717) is 11.6 Å². The molecular formula is C15H26N2O2. The fraction of sp³-hybridized carbons (Fsp3) is 0.933. The highest BCUT2D eigenvalue weighted by molar-refractivity contribution is 5.81. The Morgan fingerprint density at radius 3 is 2.74 bits per heavy atom. The molecule has 0 aromatic heterocycles. The van der Waals surface area contributed by atoms with Crippen molar-refractivity contribution in [2.24, 2.45) is 0 Å². The smallest absolute Gasteiger partial charge is 0.249 e. The summed E-state index contributed by atoms with van der Waals surface area (Å²) >= 11 is 0.